The quantitative estimate of drug-likeness (QED) is 0.843. The molecule has 1 fully saturated rings. The van der Waals surface area contributed by atoms with Gasteiger partial charge < -0.3 is 15.1 Å². The Kier molecular flexibility index (Phi) is 5.68. The topological polar surface area (TPSA) is 70.0 Å². The fourth-order valence-electron chi connectivity index (χ4n) is 3.40. The Morgan fingerprint density at radius 1 is 1.37 bits per heavy atom. The highest BCUT2D eigenvalue weighted by atomic mass is 16.2. The Morgan fingerprint density at radius 2 is 2.15 bits per heavy atom. The van der Waals surface area contributed by atoms with E-state index < -0.39 is 0 Å². The van der Waals surface area contributed by atoms with Crippen molar-refractivity contribution in [3.63, 3.8) is 0 Å². The van der Waals surface area contributed by atoms with Crippen LogP contribution in [0.25, 0.3) is 5.65 Å². The van der Waals surface area contributed by atoms with Crippen LogP contribution in [0.3, 0.4) is 0 Å². The third kappa shape index (κ3) is 4.07. The molecular weight excluding hydrogens is 342 g/mol. The predicted molar refractivity (Wildman–Crippen MR) is 106 cm³/mol. The van der Waals surface area contributed by atoms with E-state index in [0.29, 0.717) is 24.6 Å². The Morgan fingerprint density at radius 3 is 2.81 bits per heavy atom. The van der Waals surface area contributed by atoms with E-state index in [1.165, 1.54) is 0 Å². The van der Waals surface area contributed by atoms with Gasteiger partial charge in [-0.05, 0) is 30.9 Å². The van der Waals surface area contributed by atoms with Crippen molar-refractivity contribution in [3.8, 4) is 0 Å². The molecule has 1 aliphatic heterocycles. The number of hydrogen-bond donors (Lipinski definition) is 1. The zero-order valence-electron chi connectivity index (χ0n) is 16.7. The second kappa shape index (κ2) is 7.98. The molecule has 2 amide bonds. The van der Waals surface area contributed by atoms with Crippen LogP contribution in [0.1, 0.15) is 43.2 Å². The van der Waals surface area contributed by atoms with Gasteiger partial charge in [0, 0.05) is 32.9 Å². The molecule has 1 N–H and O–H groups in total. The Hall–Kier alpha value is -2.57. The lowest BCUT2D eigenvalue weighted by atomic mass is 10.1. The van der Waals surface area contributed by atoms with E-state index in [1.54, 1.807) is 11.0 Å². The highest BCUT2D eigenvalue weighted by Crippen LogP contribution is 2.24. The molecule has 3 heterocycles. The molecule has 3 rings (SSSR count). The number of aryl methyl sites for hydroxylation is 1. The molecule has 7 heteroatoms. The van der Waals surface area contributed by atoms with Gasteiger partial charge in [0.05, 0.1) is 17.8 Å². The molecule has 1 saturated heterocycles. The Balaban J connectivity index is 1.94. The standard InChI is InChI=1S/C20H29N5O2/c1-5-16-19(23(4)10-8-14(2)3)25-12-15(6-7-17(25)22-16)20(27)24-11-9-21-18(26)13-24/h6-7,12,14H,5,8-11,13H2,1-4H3,(H,21,26). The summed E-state index contributed by atoms with van der Waals surface area (Å²) in [6.45, 7) is 8.61. The van der Waals surface area contributed by atoms with Crippen LogP contribution in [-0.4, -0.2) is 59.3 Å². The summed E-state index contributed by atoms with van der Waals surface area (Å²) in [4.78, 5) is 33.0. The number of hydrogen-bond acceptors (Lipinski definition) is 4. The fourth-order valence-corrected chi connectivity index (χ4v) is 3.40. The van der Waals surface area contributed by atoms with Gasteiger partial charge >= 0.3 is 0 Å². The molecule has 0 aliphatic carbocycles. The van der Waals surface area contributed by atoms with E-state index >= 15 is 0 Å². The zero-order valence-corrected chi connectivity index (χ0v) is 16.7. The first-order valence-electron chi connectivity index (χ1n) is 9.68. The van der Waals surface area contributed by atoms with Crippen LogP contribution >= 0.6 is 0 Å². The van der Waals surface area contributed by atoms with Gasteiger partial charge in [-0.2, -0.15) is 0 Å². The summed E-state index contributed by atoms with van der Waals surface area (Å²) in [6, 6.07) is 3.69. The monoisotopic (exact) mass is 371 g/mol. The summed E-state index contributed by atoms with van der Waals surface area (Å²) >= 11 is 0. The van der Waals surface area contributed by atoms with Gasteiger partial charge in [-0.3, -0.25) is 14.0 Å². The number of anilines is 1. The minimum Gasteiger partial charge on any atom is -0.359 e. The SMILES string of the molecule is CCc1nc2ccc(C(=O)N3CCNC(=O)C3)cn2c1N(C)CCC(C)C. The number of fused-ring (bicyclic) bond motifs is 1. The lowest BCUT2D eigenvalue weighted by Gasteiger charge is -2.27. The van der Waals surface area contributed by atoms with E-state index in [9.17, 15) is 9.59 Å². The third-order valence-electron chi connectivity index (χ3n) is 4.97. The number of nitrogens with one attached hydrogen (secondary N) is 1. The summed E-state index contributed by atoms with van der Waals surface area (Å²) in [6.07, 6.45) is 3.78. The van der Waals surface area contributed by atoms with Crippen molar-refractivity contribution in [3.05, 3.63) is 29.6 Å². The van der Waals surface area contributed by atoms with Gasteiger partial charge in [0.2, 0.25) is 5.91 Å². The van der Waals surface area contributed by atoms with Gasteiger partial charge in [0.15, 0.2) is 0 Å². The number of aromatic nitrogens is 2. The number of nitrogens with zero attached hydrogens (tertiary/aromatic N) is 4. The van der Waals surface area contributed by atoms with E-state index in [0.717, 1.165) is 36.5 Å². The smallest absolute Gasteiger partial charge is 0.255 e. The Bertz CT molecular complexity index is 842. The van der Waals surface area contributed by atoms with Crippen LogP contribution in [0.15, 0.2) is 18.3 Å². The maximum absolute atomic E-state index is 12.9. The molecule has 0 spiro atoms. The Labute approximate surface area is 160 Å². The van der Waals surface area contributed by atoms with Crippen molar-refractivity contribution in [2.45, 2.75) is 33.6 Å². The van der Waals surface area contributed by atoms with Gasteiger partial charge in [-0.25, -0.2) is 4.98 Å². The number of piperazine rings is 1. The number of rotatable bonds is 6. The third-order valence-corrected chi connectivity index (χ3v) is 4.97. The molecule has 0 bridgehead atoms. The minimum absolute atomic E-state index is 0.110. The van der Waals surface area contributed by atoms with E-state index in [4.69, 9.17) is 4.98 Å². The highest BCUT2D eigenvalue weighted by molar-refractivity contribution is 5.97. The summed E-state index contributed by atoms with van der Waals surface area (Å²) < 4.78 is 2.01. The van der Waals surface area contributed by atoms with Crippen LogP contribution in [-0.2, 0) is 11.2 Å². The number of imidazole rings is 1. The molecule has 2 aromatic rings. The number of amides is 2. The van der Waals surface area contributed by atoms with E-state index in [1.807, 2.05) is 16.7 Å². The maximum atomic E-state index is 12.9. The molecule has 0 atom stereocenters. The lowest BCUT2D eigenvalue weighted by molar-refractivity contribution is -0.123. The van der Waals surface area contributed by atoms with Gasteiger partial charge in [0.25, 0.3) is 5.91 Å². The molecule has 1 aliphatic rings. The van der Waals surface area contributed by atoms with Crippen molar-refractivity contribution in [2.24, 2.45) is 5.92 Å². The molecular formula is C20H29N5O2. The van der Waals surface area contributed by atoms with Crippen LogP contribution in [0.5, 0.6) is 0 Å². The van der Waals surface area contributed by atoms with Crippen molar-refractivity contribution >= 4 is 23.3 Å². The lowest BCUT2D eigenvalue weighted by Crippen LogP contribution is -2.50. The van der Waals surface area contributed by atoms with Crippen LogP contribution in [0, 0.1) is 5.92 Å². The molecule has 146 valence electrons. The molecule has 0 saturated carbocycles. The molecule has 0 aromatic carbocycles. The summed E-state index contributed by atoms with van der Waals surface area (Å²) in [5.41, 5.74) is 2.45. The van der Waals surface area contributed by atoms with Crippen molar-refractivity contribution in [1.82, 2.24) is 19.6 Å². The first-order chi connectivity index (χ1) is 12.9. The maximum Gasteiger partial charge on any atom is 0.255 e. The molecule has 27 heavy (non-hydrogen) atoms. The summed E-state index contributed by atoms with van der Waals surface area (Å²) in [7, 11) is 2.08. The van der Waals surface area contributed by atoms with E-state index in [-0.39, 0.29) is 18.4 Å². The van der Waals surface area contributed by atoms with Gasteiger partial charge in [-0.15, -0.1) is 0 Å². The highest BCUT2D eigenvalue weighted by Gasteiger charge is 2.23. The van der Waals surface area contributed by atoms with Crippen molar-refractivity contribution in [2.75, 3.05) is 38.1 Å². The average molecular weight is 371 g/mol. The van der Waals surface area contributed by atoms with E-state index in [2.05, 4.69) is 38.0 Å². The van der Waals surface area contributed by atoms with Gasteiger partial charge in [-0.1, -0.05) is 20.8 Å². The number of carbonyl (C=O) groups is 2. The first-order valence-corrected chi connectivity index (χ1v) is 9.68. The van der Waals surface area contributed by atoms with Crippen LogP contribution in [0.2, 0.25) is 0 Å². The molecule has 2 aromatic heterocycles. The van der Waals surface area contributed by atoms with Crippen LogP contribution < -0.4 is 10.2 Å². The van der Waals surface area contributed by atoms with Crippen molar-refractivity contribution in [1.29, 1.82) is 0 Å². The van der Waals surface area contributed by atoms with Gasteiger partial charge in [0.1, 0.15) is 11.5 Å². The summed E-state index contributed by atoms with van der Waals surface area (Å²) in [5, 5.41) is 2.75. The predicted octanol–water partition coefficient (Wildman–Crippen LogP) is 1.95. The number of carbonyl (C=O) groups excluding carboxylic acids is 2. The normalized spacial score (nSPS) is 14.7. The average Bonchev–Trinajstić information content (AvgIpc) is 3.03. The molecule has 0 radical (unpaired) electrons. The van der Waals surface area contributed by atoms with Crippen molar-refractivity contribution < 1.29 is 9.59 Å². The molecule has 0 unspecified atom stereocenters. The first kappa shape index (κ1) is 19.2. The largest absolute Gasteiger partial charge is 0.359 e. The number of pyridine rings is 1. The van der Waals surface area contributed by atoms with Crippen LogP contribution in [0.4, 0.5) is 5.82 Å². The minimum atomic E-state index is -0.116. The second-order valence-corrected chi connectivity index (χ2v) is 7.56. The fraction of sp³-hybridized carbons (Fsp3) is 0.550. The second-order valence-electron chi connectivity index (χ2n) is 7.56. The molecule has 7 nitrogen and oxygen atoms in total. The zero-order chi connectivity index (χ0) is 19.6. The summed E-state index contributed by atoms with van der Waals surface area (Å²) in [5.74, 6) is 1.44.